The topological polar surface area (TPSA) is 38.8 Å². The third-order valence-corrected chi connectivity index (χ3v) is 8.92. The Hall–Kier alpha value is -1.77. The predicted octanol–water partition coefficient (Wildman–Crippen LogP) is 10.2. The van der Waals surface area contributed by atoms with Crippen LogP contribution in [-0.2, 0) is 9.47 Å². The summed E-state index contributed by atoms with van der Waals surface area (Å²) in [5, 5.41) is 0. The molecule has 226 valence electrons. The van der Waals surface area contributed by atoms with Gasteiger partial charge in [-0.25, -0.2) is 4.79 Å². The lowest BCUT2D eigenvalue weighted by Gasteiger charge is -2.43. The fraction of sp³-hybridized carbons (Fsp3) is 0.743. The molecule has 40 heavy (non-hydrogen) atoms. The second-order valence-corrected chi connectivity index (χ2v) is 13.8. The van der Waals surface area contributed by atoms with Crippen molar-refractivity contribution in [3.8, 4) is 11.8 Å². The predicted molar refractivity (Wildman–Crippen MR) is 172 cm³/mol. The lowest BCUT2D eigenvalue weighted by Crippen LogP contribution is -2.43. The highest BCUT2D eigenvalue weighted by molar-refractivity contribution is 7.15. The fourth-order valence-corrected chi connectivity index (χ4v) is 6.62. The normalized spacial score (nSPS) is 21.8. The van der Waals surface area contributed by atoms with Crippen LogP contribution in [-0.4, -0.2) is 31.3 Å². The zero-order chi connectivity index (χ0) is 29.6. The Morgan fingerprint density at radius 1 is 1.10 bits per heavy atom. The molecule has 2 fully saturated rings. The summed E-state index contributed by atoms with van der Waals surface area (Å²) in [6, 6.07) is 2.39. The van der Waals surface area contributed by atoms with Crippen molar-refractivity contribution >= 4 is 23.0 Å². The van der Waals surface area contributed by atoms with E-state index in [2.05, 4.69) is 83.5 Å². The molecule has 1 heterocycles. The highest BCUT2D eigenvalue weighted by Crippen LogP contribution is 2.41. The number of nitrogens with zero attached hydrogens (tertiary/aromatic N) is 1. The first-order valence-corrected chi connectivity index (χ1v) is 16.7. The van der Waals surface area contributed by atoms with Crippen LogP contribution in [0.3, 0.4) is 0 Å². The maximum Gasteiger partial charge on any atom is 0.350 e. The first kappa shape index (κ1) is 34.4. The van der Waals surface area contributed by atoms with Gasteiger partial charge in [0.05, 0.1) is 23.3 Å². The number of ether oxygens (including phenoxy) is 2. The molecule has 1 aromatic rings. The van der Waals surface area contributed by atoms with Crippen molar-refractivity contribution in [1.29, 1.82) is 0 Å². The van der Waals surface area contributed by atoms with E-state index in [1.54, 1.807) is 0 Å². The lowest BCUT2D eigenvalue weighted by molar-refractivity contribution is -0.0782. The summed E-state index contributed by atoms with van der Waals surface area (Å²) in [6.07, 6.45) is 20.2. The number of carbonyl (C=O) groups is 1. The number of hydrogen-bond acceptors (Lipinski definition) is 5. The second kappa shape index (κ2) is 17.2. The van der Waals surface area contributed by atoms with Gasteiger partial charge < -0.3 is 14.4 Å². The number of anilines is 1. The molecule has 0 bridgehead atoms. The highest BCUT2D eigenvalue weighted by Gasteiger charge is 2.38. The van der Waals surface area contributed by atoms with Gasteiger partial charge in [0.15, 0.2) is 0 Å². The third-order valence-electron chi connectivity index (χ3n) is 7.90. The Morgan fingerprint density at radius 2 is 1.77 bits per heavy atom. The van der Waals surface area contributed by atoms with E-state index in [0.717, 1.165) is 74.5 Å². The quantitative estimate of drug-likeness (QED) is 0.207. The van der Waals surface area contributed by atoms with Gasteiger partial charge in [-0.3, -0.25) is 0 Å². The van der Waals surface area contributed by atoms with E-state index in [4.69, 9.17) is 9.47 Å². The molecule has 0 amide bonds. The summed E-state index contributed by atoms with van der Waals surface area (Å²) >= 11 is 1.43. The Labute approximate surface area is 250 Å². The van der Waals surface area contributed by atoms with Crippen molar-refractivity contribution in [1.82, 2.24) is 0 Å². The zero-order valence-corrected chi connectivity index (χ0v) is 27.7. The molecule has 1 aromatic heterocycles. The number of methoxy groups -OCH3 is 1. The molecule has 0 N–H and O–H groups in total. The van der Waals surface area contributed by atoms with Crippen LogP contribution in [0, 0.1) is 23.2 Å². The number of thiophene rings is 1. The van der Waals surface area contributed by atoms with Gasteiger partial charge in [0.2, 0.25) is 0 Å². The SMILES string of the molecule is CC/C=C\N(c1cc(C#CC(C)(C)C)sc1C(=O)OC)C1CCC(CCC)(OCCC)CC1.CC1CCCCC1. The van der Waals surface area contributed by atoms with Crippen LogP contribution < -0.4 is 4.90 Å². The summed E-state index contributed by atoms with van der Waals surface area (Å²) in [7, 11) is 1.45. The molecule has 0 saturated heterocycles. The van der Waals surface area contributed by atoms with E-state index in [9.17, 15) is 4.79 Å². The molecule has 2 aliphatic rings. The Kier molecular flexibility index (Phi) is 14.8. The van der Waals surface area contributed by atoms with E-state index in [1.807, 2.05) is 0 Å². The molecule has 3 rings (SSSR count). The second-order valence-electron chi connectivity index (χ2n) is 12.8. The average Bonchev–Trinajstić information content (AvgIpc) is 3.36. The highest BCUT2D eigenvalue weighted by atomic mass is 32.1. The van der Waals surface area contributed by atoms with Crippen LogP contribution in [0.15, 0.2) is 18.3 Å². The Morgan fingerprint density at radius 3 is 2.27 bits per heavy atom. The Bertz CT molecular complexity index is 963. The van der Waals surface area contributed by atoms with Crippen molar-refractivity contribution < 1.29 is 14.3 Å². The van der Waals surface area contributed by atoms with E-state index in [1.165, 1.54) is 50.6 Å². The van der Waals surface area contributed by atoms with Crippen LogP contribution in [0.4, 0.5) is 5.69 Å². The van der Waals surface area contributed by atoms with Gasteiger partial charge in [-0.1, -0.05) is 84.1 Å². The number of esters is 1. The molecule has 2 saturated carbocycles. The number of hydrogen-bond donors (Lipinski definition) is 0. The maximum absolute atomic E-state index is 12.7. The van der Waals surface area contributed by atoms with Crippen molar-refractivity contribution in [3.63, 3.8) is 0 Å². The van der Waals surface area contributed by atoms with Crippen molar-refractivity contribution in [2.75, 3.05) is 18.6 Å². The first-order valence-electron chi connectivity index (χ1n) is 15.9. The van der Waals surface area contributed by atoms with Gasteiger partial charge in [-0.2, -0.15) is 0 Å². The summed E-state index contributed by atoms with van der Waals surface area (Å²) in [5.41, 5.74) is 0.823. The van der Waals surface area contributed by atoms with Gasteiger partial charge in [-0.05, 0) is 77.7 Å². The molecule has 0 atom stereocenters. The van der Waals surface area contributed by atoms with Crippen LogP contribution in [0.2, 0.25) is 0 Å². The molecule has 0 spiro atoms. The summed E-state index contributed by atoms with van der Waals surface area (Å²) in [4.78, 5) is 16.5. The smallest absolute Gasteiger partial charge is 0.350 e. The average molecular weight is 572 g/mol. The fourth-order valence-electron chi connectivity index (χ4n) is 5.69. The minimum atomic E-state index is -0.295. The zero-order valence-electron chi connectivity index (χ0n) is 26.9. The standard InChI is InChI=1S/C28H43NO3S.C7H14/c1-8-11-19-29(22-12-17-28(15-9-2,18-13-22)32-20-10-3)24-21-23(14-16-27(4,5)6)33-25(24)26(30)31-7;1-7-5-3-2-4-6-7/h11,19,21-22H,8-10,12-13,15,17-18,20H2,1-7H3;7H,2-6H2,1H3/b19-11-;. The largest absolute Gasteiger partial charge is 0.465 e. The monoisotopic (exact) mass is 571 g/mol. The molecule has 5 heteroatoms. The van der Waals surface area contributed by atoms with Crippen LogP contribution in [0.25, 0.3) is 0 Å². The van der Waals surface area contributed by atoms with Crippen LogP contribution in [0.5, 0.6) is 0 Å². The van der Waals surface area contributed by atoms with Crippen molar-refractivity contribution in [3.05, 3.63) is 28.1 Å². The van der Waals surface area contributed by atoms with Gasteiger partial charge in [0, 0.05) is 24.3 Å². The molecular weight excluding hydrogens is 514 g/mol. The minimum Gasteiger partial charge on any atom is -0.465 e. The molecule has 0 aliphatic heterocycles. The first-order chi connectivity index (χ1) is 19.1. The Balaban J connectivity index is 0.000000693. The molecule has 2 aliphatic carbocycles. The van der Waals surface area contributed by atoms with E-state index >= 15 is 0 Å². The lowest BCUT2D eigenvalue weighted by atomic mass is 9.78. The van der Waals surface area contributed by atoms with Gasteiger partial charge >= 0.3 is 5.97 Å². The van der Waals surface area contributed by atoms with Crippen molar-refractivity contribution in [2.24, 2.45) is 11.3 Å². The van der Waals surface area contributed by atoms with Crippen molar-refractivity contribution in [2.45, 2.75) is 144 Å². The summed E-state index contributed by atoms with van der Waals surface area (Å²) in [5.74, 6) is 7.32. The number of rotatable bonds is 10. The van der Waals surface area contributed by atoms with Crippen LogP contribution in [0.1, 0.15) is 146 Å². The third kappa shape index (κ3) is 11.2. The van der Waals surface area contributed by atoms with Gasteiger partial charge in [-0.15, -0.1) is 11.3 Å². The van der Waals surface area contributed by atoms with Gasteiger partial charge in [0.25, 0.3) is 0 Å². The molecule has 0 radical (unpaired) electrons. The molecule has 0 unspecified atom stereocenters. The van der Waals surface area contributed by atoms with Crippen LogP contribution >= 0.6 is 11.3 Å². The van der Waals surface area contributed by atoms with E-state index in [-0.39, 0.29) is 17.0 Å². The molecule has 4 nitrogen and oxygen atoms in total. The number of allylic oxidation sites excluding steroid dienone is 1. The number of carbonyl (C=O) groups excluding carboxylic acids is 1. The summed E-state index contributed by atoms with van der Waals surface area (Å²) in [6.45, 7) is 16.0. The minimum absolute atomic E-state index is 0.00453. The molecule has 0 aromatic carbocycles. The van der Waals surface area contributed by atoms with E-state index in [0.29, 0.717) is 10.9 Å². The summed E-state index contributed by atoms with van der Waals surface area (Å²) < 4.78 is 11.5. The maximum atomic E-state index is 12.7. The molecular formula is C35H57NO3S. The van der Waals surface area contributed by atoms with E-state index < -0.39 is 0 Å². The van der Waals surface area contributed by atoms with Gasteiger partial charge in [0.1, 0.15) is 4.88 Å².